The first-order chi connectivity index (χ1) is 11.4. The molecule has 0 aliphatic carbocycles. The van der Waals surface area contributed by atoms with Crippen molar-refractivity contribution >= 4 is 33.4 Å². The summed E-state index contributed by atoms with van der Waals surface area (Å²) in [4.78, 5) is 12.3. The third-order valence-electron chi connectivity index (χ3n) is 3.88. The smallest absolute Gasteiger partial charge is 0.243 e. The summed E-state index contributed by atoms with van der Waals surface area (Å²) < 4.78 is 26.9. The molecule has 1 aliphatic heterocycles. The lowest BCUT2D eigenvalue weighted by atomic mass is 10.2. The summed E-state index contributed by atoms with van der Waals surface area (Å²) in [5.74, 6) is 0.277. The van der Waals surface area contributed by atoms with Crippen molar-refractivity contribution in [3.63, 3.8) is 0 Å². The van der Waals surface area contributed by atoms with E-state index < -0.39 is 10.0 Å². The van der Waals surface area contributed by atoms with Crippen LogP contribution in [-0.2, 0) is 14.8 Å². The highest BCUT2D eigenvalue weighted by atomic mass is 32.2. The summed E-state index contributed by atoms with van der Waals surface area (Å²) >= 11 is 1.35. The molecular formula is C16H24N2O4S2. The number of aliphatic hydroxyl groups is 1. The molecule has 1 heterocycles. The second kappa shape index (κ2) is 8.84. The van der Waals surface area contributed by atoms with E-state index in [4.69, 9.17) is 5.11 Å². The first kappa shape index (κ1) is 19.2. The van der Waals surface area contributed by atoms with Crippen LogP contribution in [0.1, 0.15) is 26.2 Å². The number of amides is 1. The van der Waals surface area contributed by atoms with Crippen molar-refractivity contribution in [3.05, 3.63) is 24.3 Å². The van der Waals surface area contributed by atoms with Crippen molar-refractivity contribution in [1.29, 1.82) is 0 Å². The average Bonchev–Trinajstić information content (AvgIpc) is 2.60. The molecule has 1 aliphatic rings. The second-order valence-electron chi connectivity index (χ2n) is 5.72. The number of benzene rings is 1. The first-order valence-electron chi connectivity index (χ1n) is 8.08. The van der Waals surface area contributed by atoms with Crippen LogP contribution < -0.4 is 5.32 Å². The summed E-state index contributed by atoms with van der Waals surface area (Å²) in [7, 11) is -3.51. The van der Waals surface area contributed by atoms with Crippen LogP contribution in [0, 0.1) is 0 Å². The van der Waals surface area contributed by atoms with E-state index in [0.717, 1.165) is 19.3 Å². The van der Waals surface area contributed by atoms with E-state index in [2.05, 4.69) is 5.32 Å². The highest BCUT2D eigenvalue weighted by Crippen LogP contribution is 2.23. The van der Waals surface area contributed by atoms with Crippen LogP contribution in [0.2, 0.25) is 0 Å². The van der Waals surface area contributed by atoms with Gasteiger partial charge in [-0.3, -0.25) is 4.79 Å². The van der Waals surface area contributed by atoms with Crippen molar-refractivity contribution < 1.29 is 18.3 Å². The van der Waals surface area contributed by atoms with Crippen LogP contribution in [0.4, 0.5) is 5.69 Å². The lowest BCUT2D eigenvalue weighted by Crippen LogP contribution is -2.35. The average molecular weight is 373 g/mol. The molecular weight excluding hydrogens is 348 g/mol. The minimum atomic E-state index is -3.51. The van der Waals surface area contributed by atoms with Crippen molar-refractivity contribution in [2.24, 2.45) is 0 Å². The second-order valence-corrected chi connectivity index (χ2v) is 9.11. The Balaban J connectivity index is 2.09. The summed E-state index contributed by atoms with van der Waals surface area (Å²) in [5.41, 5.74) is 0.467. The van der Waals surface area contributed by atoms with Crippen LogP contribution in [0.5, 0.6) is 0 Å². The molecule has 1 aromatic rings. The van der Waals surface area contributed by atoms with Gasteiger partial charge in [0.1, 0.15) is 0 Å². The molecule has 0 radical (unpaired) electrons. The third kappa shape index (κ3) is 4.95. The van der Waals surface area contributed by atoms with Gasteiger partial charge in [0, 0.05) is 24.5 Å². The molecule has 0 aromatic heterocycles. The van der Waals surface area contributed by atoms with Gasteiger partial charge in [-0.1, -0.05) is 12.5 Å². The lowest BCUT2D eigenvalue weighted by molar-refractivity contribution is -0.115. The van der Waals surface area contributed by atoms with Gasteiger partial charge in [0.25, 0.3) is 0 Å². The number of carbonyl (C=O) groups is 1. The maximum absolute atomic E-state index is 12.7. The summed E-state index contributed by atoms with van der Waals surface area (Å²) in [6.07, 6.45) is 2.83. The van der Waals surface area contributed by atoms with Gasteiger partial charge in [-0.25, -0.2) is 8.42 Å². The molecule has 6 nitrogen and oxygen atoms in total. The molecule has 1 fully saturated rings. The van der Waals surface area contributed by atoms with Crippen molar-refractivity contribution in [1.82, 2.24) is 4.31 Å². The monoisotopic (exact) mass is 372 g/mol. The third-order valence-corrected chi connectivity index (χ3v) is 6.91. The zero-order valence-corrected chi connectivity index (χ0v) is 15.4. The summed E-state index contributed by atoms with van der Waals surface area (Å²) in [5, 5.41) is 11.2. The number of aliphatic hydroxyl groups excluding tert-OH is 1. The Morgan fingerprint density at radius 1 is 1.33 bits per heavy atom. The van der Waals surface area contributed by atoms with Crippen LogP contribution in [0.15, 0.2) is 29.2 Å². The maximum Gasteiger partial charge on any atom is 0.243 e. The number of hydrogen-bond acceptors (Lipinski definition) is 5. The SMILES string of the molecule is C[C@@H](SCCO)C(=O)Nc1cccc(S(=O)(=O)N2CCCCC2)c1. The van der Waals surface area contributed by atoms with Gasteiger partial charge >= 0.3 is 0 Å². The fourth-order valence-corrected chi connectivity index (χ4v) is 4.77. The number of anilines is 1. The van der Waals surface area contributed by atoms with Gasteiger partial charge in [0.2, 0.25) is 15.9 Å². The van der Waals surface area contributed by atoms with E-state index in [0.29, 0.717) is 24.5 Å². The minimum Gasteiger partial charge on any atom is -0.396 e. The van der Waals surface area contributed by atoms with Gasteiger partial charge < -0.3 is 10.4 Å². The summed E-state index contributed by atoms with van der Waals surface area (Å²) in [6, 6.07) is 6.38. The van der Waals surface area contributed by atoms with Crippen LogP contribution in [-0.4, -0.2) is 54.4 Å². The Kier molecular flexibility index (Phi) is 7.09. The molecule has 134 valence electrons. The topological polar surface area (TPSA) is 86.7 Å². The quantitative estimate of drug-likeness (QED) is 0.763. The first-order valence-corrected chi connectivity index (χ1v) is 10.6. The molecule has 24 heavy (non-hydrogen) atoms. The Morgan fingerprint density at radius 2 is 2.04 bits per heavy atom. The van der Waals surface area contributed by atoms with Gasteiger partial charge in [0.15, 0.2) is 0 Å². The zero-order chi connectivity index (χ0) is 17.6. The van der Waals surface area contributed by atoms with Crippen molar-refractivity contribution in [2.45, 2.75) is 36.3 Å². The molecule has 1 saturated heterocycles. The highest BCUT2D eigenvalue weighted by molar-refractivity contribution is 8.00. The Hall–Kier alpha value is -1.09. The van der Waals surface area contributed by atoms with E-state index in [1.807, 2.05) is 0 Å². The number of piperidine rings is 1. The molecule has 1 aromatic carbocycles. The largest absolute Gasteiger partial charge is 0.396 e. The number of carbonyl (C=O) groups excluding carboxylic acids is 1. The zero-order valence-electron chi connectivity index (χ0n) is 13.8. The van der Waals surface area contributed by atoms with Crippen molar-refractivity contribution in [2.75, 3.05) is 30.8 Å². The Morgan fingerprint density at radius 3 is 2.71 bits per heavy atom. The molecule has 1 amide bonds. The maximum atomic E-state index is 12.7. The highest BCUT2D eigenvalue weighted by Gasteiger charge is 2.26. The van der Waals surface area contributed by atoms with Crippen LogP contribution >= 0.6 is 11.8 Å². The van der Waals surface area contributed by atoms with Crippen molar-refractivity contribution in [3.8, 4) is 0 Å². The van der Waals surface area contributed by atoms with E-state index in [-0.39, 0.29) is 22.7 Å². The van der Waals surface area contributed by atoms with Gasteiger partial charge in [-0.2, -0.15) is 4.31 Å². The Labute approximate surface area is 147 Å². The lowest BCUT2D eigenvalue weighted by Gasteiger charge is -2.26. The summed E-state index contributed by atoms with van der Waals surface area (Å²) in [6.45, 7) is 2.87. The van der Waals surface area contributed by atoms with Gasteiger partial charge in [-0.15, -0.1) is 11.8 Å². The molecule has 8 heteroatoms. The molecule has 0 saturated carbocycles. The normalized spacial score (nSPS) is 17.4. The van der Waals surface area contributed by atoms with Crippen LogP contribution in [0.25, 0.3) is 0 Å². The number of thioether (sulfide) groups is 1. The predicted molar refractivity (Wildman–Crippen MR) is 96.7 cm³/mol. The van der Waals surface area contributed by atoms with Crippen LogP contribution in [0.3, 0.4) is 0 Å². The Bertz CT molecular complexity index is 658. The fraction of sp³-hybridized carbons (Fsp3) is 0.562. The standard InChI is InChI=1S/C16H24N2O4S2/c1-13(23-11-10-19)16(20)17-14-6-5-7-15(12-14)24(21,22)18-8-3-2-4-9-18/h5-7,12-13,19H,2-4,8-11H2,1H3,(H,17,20)/t13-/m1/s1. The number of sulfonamides is 1. The molecule has 0 bridgehead atoms. The molecule has 1 atom stereocenters. The van der Waals surface area contributed by atoms with Gasteiger partial charge in [-0.05, 0) is 38.0 Å². The van der Waals surface area contributed by atoms with E-state index >= 15 is 0 Å². The predicted octanol–water partition coefficient (Wildman–Crippen LogP) is 1.91. The molecule has 2 rings (SSSR count). The number of rotatable bonds is 7. The molecule has 0 unspecified atom stereocenters. The minimum absolute atomic E-state index is 0.0197. The molecule has 0 spiro atoms. The van der Waals surface area contributed by atoms with E-state index in [1.165, 1.54) is 22.1 Å². The number of hydrogen-bond donors (Lipinski definition) is 2. The number of nitrogens with one attached hydrogen (secondary N) is 1. The number of nitrogens with zero attached hydrogens (tertiary/aromatic N) is 1. The van der Waals surface area contributed by atoms with E-state index in [9.17, 15) is 13.2 Å². The molecule has 2 N–H and O–H groups in total. The van der Waals surface area contributed by atoms with Gasteiger partial charge in [0.05, 0.1) is 16.8 Å². The fourth-order valence-electron chi connectivity index (χ4n) is 2.54. The van der Waals surface area contributed by atoms with E-state index in [1.54, 1.807) is 25.1 Å².